The van der Waals surface area contributed by atoms with Gasteiger partial charge in [-0.25, -0.2) is 4.79 Å². The quantitative estimate of drug-likeness (QED) is 0.816. The third kappa shape index (κ3) is 2.49. The predicted octanol–water partition coefficient (Wildman–Crippen LogP) is -0.498. The Morgan fingerprint density at radius 1 is 1.17 bits per heavy atom. The van der Waals surface area contributed by atoms with Gasteiger partial charge in [-0.1, -0.05) is 6.92 Å². The highest BCUT2D eigenvalue weighted by molar-refractivity contribution is 5.76. The Labute approximate surface area is 138 Å². The molecule has 0 atom stereocenters. The lowest BCUT2D eigenvalue weighted by atomic mass is 10.3. The number of carbonyl (C=O) groups excluding carboxylic acids is 1. The van der Waals surface area contributed by atoms with Crippen molar-refractivity contribution in [2.24, 2.45) is 7.05 Å². The summed E-state index contributed by atoms with van der Waals surface area (Å²) >= 11 is 0. The van der Waals surface area contributed by atoms with Crippen LogP contribution in [-0.2, 0) is 18.4 Å². The van der Waals surface area contributed by atoms with Crippen molar-refractivity contribution in [1.29, 1.82) is 0 Å². The molecular weight excluding hydrogens is 312 g/mol. The first-order chi connectivity index (χ1) is 11.5. The Hall–Kier alpha value is -2.58. The van der Waals surface area contributed by atoms with E-state index in [1.54, 1.807) is 7.05 Å². The highest BCUT2D eigenvalue weighted by Gasteiger charge is 2.25. The topological polar surface area (TPSA) is 96.2 Å². The van der Waals surface area contributed by atoms with Crippen LogP contribution in [0.25, 0.3) is 11.2 Å². The van der Waals surface area contributed by atoms with Crippen LogP contribution < -0.4 is 16.1 Å². The smallest absolute Gasteiger partial charge is 0.329 e. The van der Waals surface area contributed by atoms with Gasteiger partial charge >= 0.3 is 5.69 Å². The number of rotatable bonds is 3. The summed E-state index contributed by atoms with van der Waals surface area (Å²) in [5.41, 5.74) is -0.110. The fraction of sp³-hybridized carbons (Fsp3) is 0.600. The summed E-state index contributed by atoms with van der Waals surface area (Å²) in [6.07, 6.45) is 0.505. The number of anilines is 1. The lowest BCUT2D eigenvalue weighted by Crippen LogP contribution is -2.49. The Kier molecular flexibility index (Phi) is 4.16. The molecule has 3 heterocycles. The number of aromatic nitrogens is 4. The lowest BCUT2D eigenvalue weighted by Gasteiger charge is -2.35. The van der Waals surface area contributed by atoms with Crippen molar-refractivity contribution in [1.82, 2.24) is 24.0 Å². The van der Waals surface area contributed by atoms with Crippen molar-refractivity contribution in [3.8, 4) is 0 Å². The van der Waals surface area contributed by atoms with E-state index in [9.17, 15) is 14.4 Å². The molecule has 3 rings (SSSR count). The van der Waals surface area contributed by atoms with Gasteiger partial charge in [0, 0.05) is 46.2 Å². The monoisotopic (exact) mass is 334 g/mol. The predicted molar refractivity (Wildman–Crippen MR) is 90.4 cm³/mol. The molecule has 0 bridgehead atoms. The standard InChI is InChI=1S/C15H22N6O3/c1-4-10(22)19-6-8-20(9-7-19)14-16-12-11(21(14)5-2)13(23)17-15(24)18(12)3/h4-9H2,1-3H3,(H,17,23,24). The molecule has 1 aliphatic heterocycles. The van der Waals surface area contributed by atoms with E-state index in [0.29, 0.717) is 56.3 Å². The SMILES string of the molecule is CCC(=O)N1CCN(c2nc3c(c(=O)[nH]c(=O)n3C)n2CC)CC1. The van der Waals surface area contributed by atoms with E-state index in [1.807, 2.05) is 23.3 Å². The number of H-pyrrole nitrogens is 1. The molecule has 1 saturated heterocycles. The van der Waals surface area contributed by atoms with Crippen molar-refractivity contribution in [3.63, 3.8) is 0 Å². The third-order valence-electron chi connectivity index (χ3n) is 4.52. The summed E-state index contributed by atoms with van der Waals surface area (Å²) in [5, 5.41) is 0. The number of imidazole rings is 1. The average molecular weight is 334 g/mol. The van der Waals surface area contributed by atoms with E-state index in [1.165, 1.54) is 4.57 Å². The van der Waals surface area contributed by atoms with Crippen LogP contribution in [0.4, 0.5) is 5.95 Å². The number of aryl methyl sites for hydroxylation is 2. The first-order valence-electron chi connectivity index (χ1n) is 8.20. The molecule has 9 nitrogen and oxygen atoms in total. The summed E-state index contributed by atoms with van der Waals surface area (Å²) in [7, 11) is 1.59. The maximum Gasteiger partial charge on any atom is 0.329 e. The van der Waals surface area contributed by atoms with Crippen LogP contribution in [0.15, 0.2) is 9.59 Å². The van der Waals surface area contributed by atoms with Crippen LogP contribution in [0.5, 0.6) is 0 Å². The zero-order chi connectivity index (χ0) is 17.4. The molecule has 1 amide bonds. The molecule has 0 spiro atoms. The fourth-order valence-electron chi connectivity index (χ4n) is 3.14. The molecule has 0 unspecified atom stereocenters. The number of hydrogen-bond acceptors (Lipinski definition) is 5. The van der Waals surface area contributed by atoms with Crippen LogP contribution in [-0.4, -0.2) is 56.1 Å². The second-order valence-corrected chi connectivity index (χ2v) is 5.87. The van der Waals surface area contributed by atoms with Gasteiger partial charge in [0.25, 0.3) is 5.56 Å². The summed E-state index contributed by atoms with van der Waals surface area (Å²) in [6.45, 7) is 6.94. The largest absolute Gasteiger partial charge is 0.339 e. The number of nitrogens with zero attached hydrogens (tertiary/aromatic N) is 5. The molecule has 1 aliphatic rings. The van der Waals surface area contributed by atoms with E-state index in [-0.39, 0.29) is 5.91 Å². The maximum absolute atomic E-state index is 12.2. The zero-order valence-electron chi connectivity index (χ0n) is 14.2. The van der Waals surface area contributed by atoms with Gasteiger partial charge in [0.2, 0.25) is 11.9 Å². The Bertz CT molecular complexity index is 885. The highest BCUT2D eigenvalue weighted by Crippen LogP contribution is 2.20. The van der Waals surface area contributed by atoms with Crippen molar-refractivity contribution in [2.45, 2.75) is 26.8 Å². The van der Waals surface area contributed by atoms with E-state index < -0.39 is 11.2 Å². The molecule has 9 heteroatoms. The van der Waals surface area contributed by atoms with Crippen LogP contribution in [0, 0.1) is 0 Å². The van der Waals surface area contributed by atoms with Crippen LogP contribution >= 0.6 is 0 Å². The molecule has 2 aromatic rings. The normalized spacial score (nSPS) is 15.3. The van der Waals surface area contributed by atoms with Crippen LogP contribution in [0.2, 0.25) is 0 Å². The fourth-order valence-corrected chi connectivity index (χ4v) is 3.14. The third-order valence-corrected chi connectivity index (χ3v) is 4.52. The molecule has 0 aromatic carbocycles. The van der Waals surface area contributed by atoms with Gasteiger partial charge in [-0.15, -0.1) is 0 Å². The average Bonchev–Trinajstić information content (AvgIpc) is 2.99. The molecule has 2 aromatic heterocycles. The van der Waals surface area contributed by atoms with Crippen molar-refractivity contribution < 1.29 is 4.79 Å². The first kappa shape index (κ1) is 16.3. The summed E-state index contributed by atoms with van der Waals surface area (Å²) in [4.78, 5) is 46.6. The van der Waals surface area contributed by atoms with Gasteiger partial charge in [-0.05, 0) is 6.92 Å². The lowest BCUT2D eigenvalue weighted by molar-refractivity contribution is -0.131. The molecule has 0 radical (unpaired) electrons. The van der Waals surface area contributed by atoms with Gasteiger partial charge in [-0.2, -0.15) is 4.98 Å². The number of fused-ring (bicyclic) bond motifs is 1. The Morgan fingerprint density at radius 3 is 2.42 bits per heavy atom. The van der Waals surface area contributed by atoms with E-state index in [4.69, 9.17) is 0 Å². The van der Waals surface area contributed by atoms with Gasteiger partial charge < -0.3 is 14.4 Å². The molecule has 1 fully saturated rings. The molecule has 130 valence electrons. The van der Waals surface area contributed by atoms with Gasteiger partial charge in [0.15, 0.2) is 11.2 Å². The number of nitrogens with one attached hydrogen (secondary N) is 1. The minimum Gasteiger partial charge on any atom is -0.339 e. The van der Waals surface area contributed by atoms with Gasteiger partial charge in [0.1, 0.15) is 0 Å². The van der Waals surface area contributed by atoms with Crippen LogP contribution in [0.3, 0.4) is 0 Å². The first-order valence-corrected chi connectivity index (χ1v) is 8.20. The minimum absolute atomic E-state index is 0.150. The minimum atomic E-state index is -0.474. The van der Waals surface area contributed by atoms with Gasteiger partial charge in [0.05, 0.1) is 0 Å². The maximum atomic E-state index is 12.2. The highest BCUT2D eigenvalue weighted by atomic mass is 16.2. The molecule has 24 heavy (non-hydrogen) atoms. The van der Waals surface area contributed by atoms with Crippen molar-refractivity contribution in [3.05, 3.63) is 20.8 Å². The Balaban J connectivity index is 2.01. The molecule has 1 N–H and O–H groups in total. The molecular formula is C15H22N6O3. The second kappa shape index (κ2) is 6.14. The van der Waals surface area contributed by atoms with E-state index in [0.717, 1.165) is 0 Å². The van der Waals surface area contributed by atoms with Crippen LogP contribution in [0.1, 0.15) is 20.3 Å². The molecule has 0 aliphatic carbocycles. The zero-order valence-corrected chi connectivity index (χ0v) is 14.2. The van der Waals surface area contributed by atoms with Crippen molar-refractivity contribution >= 4 is 23.0 Å². The number of piperazine rings is 1. The summed E-state index contributed by atoms with van der Waals surface area (Å²) in [5.74, 6) is 0.820. The van der Waals surface area contributed by atoms with E-state index in [2.05, 4.69) is 14.9 Å². The number of carbonyl (C=O) groups is 1. The molecule has 0 saturated carbocycles. The Morgan fingerprint density at radius 2 is 1.83 bits per heavy atom. The van der Waals surface area contributed by atoms with E-state index >= 15 is 0 Å². The summed E-state index contributed by atoms with van der Waals surface area (Å²) < 4.78 is 3.17. The number of amides is 1. The second-order valence-electron chi connectivity index (χ2n) is 5.87. The van der Waals surface area contributed by atoms with Gasteiger partial charge in [-0.3, -0.25) is 19.1 Å². The number of aromatic amines is 1. The van der Waals surface area contributed by atoms with Crippen molar-refractivity contribution in [2.75, 3.05) is 31.1 Å². The number of hydrogen-bond donors (Lipinski definition) is 1. The summed E-state index contributed by atoms with van der Waals surface area (Å²) in [6, 6.07) is 0.